The Morgan fingerprint density at radius 2 is 1.87 bits per heavy atom. The van der Waals surface area contributed by atoms with Crippen molar-refractivity contribution in [3.8, 4) is 5.69 Å². The molecule has 2 aromatic heterocycles. The number of nitrogens with two attached hydrogens (primary N) is 1. The Bertz CT molecular complexity index is 1210. The Hall–Kier alpha value is -3.99. The second kappa shape index (κ2) is 9.01. The van der Waals surface area contributed by atoms with Gasteiger partial charge in [-0.25, -0.2) is 9.98 Å². The summed E-state index contributed by atoms with van der Waals surface area (Å²) in [7, 11) is 0. The molecule has 5 N–H and O–H groups in total. The van der Waals surface area contributed by atoms with Crippen molar-refractivity contribution >= 4 is 29.4 Å². The minimum atomic E-state index is -0.293. The third kappa shape index (κ3) is 4.89. The van der Waals surface area contributed by atoms with E-state index in [0.29, 0.717) is 16.6 Å². The number of anilines is 1. The number of nitrogens with zero attached hydrogens (tertiary/aromatic N) is 5. The van der Waals surface area contributed by atoms with Gasteiger partial charge < -0.3 is 5.73 Å². The fraction of sp³-hybridized carbons (Fsp3) is 0.0526. The third-order valence-corrected chi connectivity index (χ3v) is 4.84. The number of aromatic nitrogens is 6. The van der Waals surface area contributed by atoms with Gasteiger partial charge in [-0.15, -0.1) is 10.1 Å². The van der Waals surface area contributed by atoms with Gasteiger partial charge in [0.05, 0.1) is 17.1 Å². The molecular weight excluding hydrogens is 402 g/mol. The van der Waals surface area contributed by atoms with Crippen LogP contribution in [0.25, 0.3) is 5.69 Å². The van der Waals surface area contributed by atoms with Crippen LogP contribution in [0.1, 0.15) is 5.69 Å². The van der Waals surface area contributed by atoms with Crippen molar-refractivity contribution in [2.45, 2.75) is 10.9 Å². The van der Waals surface area contributed by atoms with Gasteiger partial charge >= 0.3 is 5.95 Å². The number of guanidine groups is 1. The first-order valence-corrected chi connectivity index (χ1v) is 9.94. The molecule has 0 aliphatic rings. The van der Waals surface area contributed by atoms with E-state index < -0.39 is 0 Å². The van der Waals surface area contributed by atoms with Crippen LogP contribution in [0.3, 0.4) is 0 Å². The van der Waals surface area contributed by atoms with Crippen LogP contribution in [-0.4, -0.2) is 36.1 Å². The zero-order chi connectivity index (χ0) is 20.8. The van der Waals surface area contributed by atoms with Crippen molar-refractivity contribution in [2.75, 3.05) is 5.32 Å². The standard InChI is InChI=1S/C19H17N9OS/c20-17(21-13-7-3-1-4-8-13)24-18-22-14(11-16(29)23-18)12-30-19-25-26-27-28(19)15-9-5-2-6-10-15/h1-11H,12H2,(H4,20,21,22,23,24,29)/p+1. The fourth-order valence-corrected chi connectivity index (χ4v) is 3.40. The lowest BCUT2D eigenvalue weighted by atomic mass is 10.3. The van der Waals surface area contributed by atoms with Crippen LogP contribution in [0.2, 0.25) is 0 Å². The molecule has 0 saturated carbocycles. The molecule has 0 unspecified atom stereocenters. The fourth-order valence-electron chi connectivity index (χ4n) is 2.62. The molecule has 0 amide bonds. The summed E-state index contributed by atoms with van der Waals surface area (Å²) < 4.78 is 1.63. The molecule has 150 valence electrons. The lowest BCUT2D eigenvalue weighted by Gasteiger charge is -2.03. The summed E-state index contributed by atoms with van der Waals surface area (Å²) in [6, 6.07) is 20.4. The molecule has 30 heavy (non-hydrogen) atoms. The number of benzene rings is 2. The maximum atomic E-state index is 12.0. The Morgan fingerprint density at radius 1 is 1.13 bits per heavy atom. The number of nitrogens with one attached hydrogen (secondary N) is 3. The topological polar surface area (TPSA) is 141 Å². The van der Waals surface area contributed by atoms with Gasteiger partial charge in [0.25, 0.3) is 11.5 Å². The Balaban J connectivity index is 1.49. The van der Waals surface area contributed by atoms with E-state index in [1.54, 1.807) is 4.68 Å². The summed E-state index contributed by atoms with van der Waals surface area (Å²) >= 11 is 1.37. The summed E-state index contributed by atoms with van der Waals surface area (Å²) in [5, 5.41) is 15.4. The molecule has 4 aromatic rings. The molecule has 2 aromatic carbocycles. The summed E-state index contributed by atoms with van der Waals surface area (Å²) in [5.41, 5.74) is 7.89. The molecule has 0 fully saturated rings. The number of H-pyrrole nitrogens is 1. The molecule has 2 heterocycles. The first kappa shape index (κ1) is 19.3. The van der Waals surface area contributed by atoms with E-state index in [9.17, 15) is 4.79 Å². The second-order valence-corrected chi connectivity index (χ2v) is 7.06. The van der Waals surface area contributed by atoms with Gasteiger partial charge in [-0.1, -0.05) is 48.2 Å². The maximum Gasteiger partial charge on any atom is 0.325 e. The molecule has 0 atom stereocenters. The molecule has 0 spiro atoms. The highest BCUT2D eigenvalue weighted by molar-refractivity contribution is 7.98. The lowest BCUT2D eigenvalue weighted by Crippen LogP contribution is -2.73. The number of hydrogen-bond acceptors (Lipinski definition) is 6. The van der Waals surface area contributed by atoms with E-state index in [1.165, 1.54) is 17.8 Å². The molecule has 0 aliphatic carbocycles. The number of aromatic amines is 1. The van der Waals surface area contributed by atoms with Gasteiger partial charge in [-0.2, -0.15) is 4.68 Å². The zero-order valence-corrected chi connectivity index (χ0v) is 16.5. The largest absolute Gasteiger partial charge is 0.325 e. The SMILES string of the molecule is NC(Nc1ccccc1)=[NH+]c1nc(CSc2nnnn2-c2ccccc2)cc(=O)[nH]1. The molecule has 10 nitrogen and oxygen atoms in total. The van der Waals surface area contributed by atoms with Crippen molar-refractivity contribution in [1.82, 2.24) is 30.2 Å². The Kier molecular flexibility index (Phi) is 5.80. The van der Waals surface area contributed by atoms with E-state index in [1.807, 2.05) is 60.7 Å². The lowest BCUT2D eigenvalue weighted by molar-refractivity contribution is -0.365. The first-order valence-electron chi connectivity index (χ1n) is 8.96. The van der Waals surface area contributed by atoms with Crippen molar-refractivity contribution in [1.29, 1.82) is 0 Å². The highest BCUT2D eigenvalue weighted by Gasteiger charge is 2.12. The van der Waals surface area contributed by atoms with Crippen molar-refractivity contribution < 1.29 is 4.99 Å². The number of tetrazole rings is 1. The highest BCUT2D eigenvalue weighted by atomic mass is 32.2. The van der Waals surface area contributed by atoms with E-state index in [4.69, 9.17) is 5.73 Å². The third-order valence-electron chi connectivity index (χ3n) is 3.89. The van der Waals surface area contributed by atoms with E-state index >= 15 is 0 Å². The average Bonchev–Trinajstić information content (AvgIpc) is 3.22. The molecule has 11 heteroatoms. The Labute approximate surface area is 175 Å². The van der Waals surface area contributed by atoms with E-state index in [0.717, 1.165) is 11.4 Å². The molecule has 0 saturated heterocycles. The van der Waals surface area contributed by atoms with Gasteiger partial charge in [0, 0.05) is 6.07 Å². The van der Waals surface area contributed by atoms with Crippen molar-refractivity contribution in [3.63, 3.8) is 0 Å². The first-order chi connectivity index (χ1) is 14.7. The number of thioether (sulfide) groups is 1. The molecule has 0 aliphatic heterocycles. The smallest absolute Gasteiger partial charge is 0.322 e. The molecular formula is C19H18N9OS+. The molecule has 0 radical (unpaired) electrons. The monoisotopic (exact) mass is 420 g/mol. The zero-order valence-electron chi connectivity index (χ0n) is 15.7. The van der Waals surface area contributed by atoms with Crippen LogP contribution < -0.4 is 21.6 Å². The summed E-state index contributed by atoms with van der Waals surface area (Å²) in [5.74, 6) is 0.876. The van der Waals surface area contributed by atoms with Gasteiger partial charge in [-0.05, 0) is 34.7 Å². The van der Waals surface area contributed by atoms with Crippen LogP contribution >= 0.6 is 11.8 Å². The van der Waals surface area contributed by atoms with Gasteiger partial charge in [0.1, 0.15) is 5.69 Å². The number of para-hydroxylation sites is 2. The minimum Gasteiger partial charge on any atom is -0.322 e. The summed E-state index contributed by atoms with van der Waals surface area (Å²) in [6.45, 7) is 0. The van der Waals surface area contributed by atoms with Gasteiger partial charge in [-0.3, -0.25) is 10.1 Å². The predicted molar refractivity (Wildman–Crippen MR) is 113 cm³/mol. The maximum absolute atomic E-state index is 12.0. The van der Waals surface area contributed by atoms with Gasteiger partial charge in [0.15, 0.2) is 0 Å². The molecule has 4 rings (SSSR count). The predicted octanol–water partition coefficient (Wildman–Crippen LogP) is 0.177. The quantitative estimate of drug-likeness (QED) is 0.197. The van der Waals surface area contributed by atoms with Crippen molar-refractivity contribution in [2.24, 2.45) is 5.73 Å². The van der Waals surface area contributed by atoms with Crippen LogP contribution in [0.4, 0.5) is 11.6 Å². The Morgan fingerprint density at radius 3 is 2.63 bits per heavy atom. The van der Waals surface area contributed by atoms with Crippen molar-refractivity contribution in [3.05, 3.63) is 82.8 Å². The minimum absolute atomic E-state index is 0.238. The highest BCUT2D eigenvalue weighted by Crippen LogP contribution is 2.21. The van der Waals surface area contributed by atoms with Crippen LogP contribution in [-0.2, 0) is 5.75 Å². The number of rotatable bonds is 6. The second-order valence-electron chi connectivity index (χ2n) is 6.11. The normalized spacial score (nSPS) is 11.4. The summed E-state index contributed by atoms with van der Waals surface area (Å²) in [4.78, 5) is 21.9. The van der Waals surface area contributed by atoms with Gasteiger partial charge in [0.2, 0.25) is 5.16 Å². The van der Waals surface area contributed by atoms with Crippen LogP contribution in [0.5, 0.6) is 0 Å². The average molecular weight is 420 g/mol. The molecule has 0 bridgehead atoms. The summed E-state index contributed by atoms with van der Waals surface area (Å²) in [6.07, 6.45) is 0. The van der Waals surface area contributed by atoms with E-state index in [-0.39, 0.29) is 17.5 Å². The van der Waals surface area contributed by atoms with Crippen LogP contribution in [0.15, 0.2) is 76.7 Å². The van der Waals surface area contributed by atoms with Crippen LogP contribution in [0, 0.1) is 0 Å². The number of hydrogen-bond donors (Lipinski definition) is 4. The van der Waals surface area contributed by atoms with E-state index in [2.05, 4.69) is 35.8 Å².